The van der Waals surface area contributed by atoms with Gasteiger partial charge in [-0.3, -0.25) is 9.48 Å². The zero-order chi connectivity index (χ0) is 14.4. The first-order valence-electron chi connectivity index (χ1n) is 6.75. The lowest BCUT2D eigenvalue weighted by molar-refractivity contribution is -0.116. The van der Waals surface area contributed by atoms with Crippen molar-refractivity contribution in [3.8, 4) is 0 Å². The Bertz CT molecular complexity index is 563. The quantitative estimate of drug-likeness (QED) is 0.842. The summed E-state index contributed by atoms with van der Waals surface area (Å²) in [5, 5.41) is 7.01. The van der Waals surface area contributed by atoms with Crippen LogP contribution in [0.15, 0.2) is 36.5 Å². The van der Waals surface area contributed by atoms with E-state index in [1.54, 1.807) is 4.68 Å². The van der Waals surface area contributed by atoms with Gasteiger partial charge >= 0.3 is 0 Å². The highest BCUT2D eigenvalue weighted by Crippen LogP contribution is 2.12. The number of carbonyl (C=O) groups excluding carboxylic acids is 1. The molecule has 20 heavy (non-hydrogen) atoms. The molecule has 1 heterocycles. The van der Waals surface area contributed by atoms with Crippen molar-refractivity contribution in [2.45, 2.75) is 25.8 Å². The smallest absolute Gasteiger partial charge is 0.225 e. The molecule has 2 rings (SSSR count). The van der Waals surface area contributed by atoms with Crippen LogP contribution >= 0.6 is 0 Å². The number of carbonyl (C=O) groups is 1. The predicted octanol–water partition coefficient (Wildman–Crippen LogP) is 1.84. The molecule has 0 radical (unpaired) electrons. The summed E-state index contributed by atoms with van der Waals surface area (Å²) in [5.74, 6) is 0.550. The van der Waals surface area contributed by atoms with Crippen LogP contribution in [0.25, 0.3) is 0 Å². The van der Waals surface area contributed by atoms with Crippen LogP contribution < -0.4 is 11.1 Å². The highest BCUT2D eigenvalue weighted by atomic mass is 16.1. The van der Waals surface area contributed by atoms with Gasteiger partial charge in [-0.25, -0.2) is 0 Å². The first-order valence-corrected chi connectivity index (χ1v) is 6.75. The van der Waals surface area contributed by atoms with Crippen LogP contribution in [0.2, 0.25) is 0 Å². The number of amides is 1. The largest absolute Gasteiger partial charge is 0.326 e. The highest BCUT2D eigenvalue weighted by Gasteiger charge is 2.09. The number of aromatic nitrogens is 2. The Hall–Kier alpha value is -2.14. The van der Waals surface area contributed by atoms with E-state index in [1.165, 1.54) is 5.56 Å². The number of aryl methyl sites for hydroxylation is 2. The van der Waals surface area contributed by atoms with Crippen molar-refractivity contribution in [3.63, 3.8) is 0 Å². The minimum Gasteiger partial charge on any atom is -0.326 e. The number of hydrogen-bond donors (Lipinski definition) is 2. The lowest BCUT2D eigenvalue weighted by Crippen LogP contribution is -2.14. The molecule has 5 heteroatoms. The molecule has 0 aliphatic heterocycles. The average Bonchev–Trinajstić information content (AvgIpc) is 2.80. The van der Waals surface area contributed by atoms with Crippen molar-refractivity contribution in [1.82, 2.24) is 9.78 Å². The topological polar surface area (TPSA) is 72.9 Å². The Morgan fingerprint density at radius 1 is 1.35 bits per heavy atom. The molecule has 0 aliphatic rings. The minimum atomic E-state index is -0.0191. The Labute approximate surface area is 118 Å². The Kier molecular flexibility index (Phi) is 4.90. The molecule has 0 atom stereocenters. The van der Waals surface area contributed by atoms with E-state index in [2.05, 4.69) is 22.5 Å². The van der Waals surface area contributed by atoms with Crippen LogP contribution in [-0.4, -0.2) is 15.7 Å². The molecule has 0 fully saturated rings. The van der Waals surface area contributed by atoms with Crippen LogP contribution in [0.3, 0.4) is 0 Å². The van der Waals surface area contributed by atoms with Crippen molar-refractivity contribution in [2.75, 3.05) is 5.32 Å². The van der Waals surface area contributed by atoms with Crippen molar-refractivity contribution < 1.29 is 4.79 Å². The van der Waals surface area contributed by atoms with E-state index in [9.17, 15) is 4.79 Å². The molecule has 2 aromatic rings. The summed E-state index contributed by atoms with van der Waals surface area (Å²) in [7, 11) is 1.81. The van der Waals surface area contributed by atoms with Gasteiger partial charge in [0.05, 0.1) is 0 Å². The molecule has 3 N–H and O–H groups in total. The lowest BCUT2D eigenvalue weighted by atomic mass is 10.1. The Morgan fingerprint density at radius 3 is 2.80 bits per heavy atom. The second-order valence-corrected chi connectivity index (χ2v) is 4.77. The van der Waals surface area contributed by atoms with Crippen LogP contribution in [0, 0.1) is 0 Å². The van der Waals surface area contributed by atoms with Gasteiger partial charge in [0.15, 0.2) is 5.82 Å². The second-order valence-electron chi connectivity index (χ2n) is 4.77. The monoisotopic (exact) mass is 272 g/mol. The molecule has 0 aliphatic carbocycles. The maximum Gasteiger partial charge on any atom is 0.225 e. The van der Waals surface area contributed by atoms with Crippen molar-refractivity contribution in [2.24, 2.45) is 12.8 Å². The molecule has 0 spiro atoms. The molecule has 1 amide bonds. The number of hydrogen-bond acceptors (Lipinski definition) is 3. The fourth-order valence-corrected chi connectivity index (χ4v) is 2.08. The van der Waals surface area contributed by atoms with Gasteiger partial charge in [-0.15, -0.1) is 0 Å². The SMILES string of the molecule is Cn1cc(CN)c(NC(=O)CCCc2ccccc2)n1. The first-order chi connectivity index (χ1) is 9.69. The number of benzene rings is 1. The number of nitrogens with one attached hydrogen (secondary N) is 1. The van der Waals surface area contributed by atoms with E-state index in [1.807, 2.05) is 31.4 Å². The number of rotatable bonds is 6. The average molecular weight is 272 g/mol. The van der Waals surface area contributed by atoms with Gasteiger partial charge in [-0.1, -0.05) is 30.3 Å². The van der Waals surface area contributed by atoms with Crippen LogP contribution in [0.4, 0.5) is 5.82 Å². The summed E-state index contributed by atoms with van der Waals surface area (Å²) in [6, 6.07) is 10.2. The third-order valence-corrected chi connectivity index (χ3v) is 3.09. The van der Waals surface area contributed by atoms with Gasteiger partial charge in [-0.05, 0) is 18.4 Å². The summed E-state index contributed by atoms with van der Waals surface area (Å²) in [4.78, 5) is 11.9. The lowest BCUT2D eigenvalue weighted by Gasteiger charge is -2.04. The van der Waals surface area contributed by atoms with E-state index in [4.69, 9.17) is 5.73 Å². The molecule has 1 aromatic carbocycles. The molecule has 0 saturated heterocycles. The fraction of sp³-hybridized carbons (Fsp3) is 0.333. The van der Waals surface area contributed by atoms with Crippen molar-refractivity contribution in [3.05, 3.63) is 47.7 Å². The summed E-state index contributed by atoms with van der Waals surface area (Å²) in [6.07, 6.45) is 4.02. The van der Waals surface area contributed by atoms with Gasteiger partial charge in [0.25, 0.3) is 0 Å². The summed E-state index contributed by atoms with van der Waals surface area (Å²) < 4.78 is 1.65. The van der Waals surface area contributed by atoms with E-state index in [0.717, 1.165) is 18.4 Å². The molecular formula is C15H20N4O. The van der Waals surface area contributed by atoms with Gasteiger partial charge in [0, 0.05) is 31.8 Å². The second kappa shape index (κ2) is 6.86. The predicted molar refractivity (Wildman–Crippen MR) is 79.1 cm³/mol. The molecule has 0 saturated carbocycles. The normalized spacial score (nSPS) is 10.5. The molecule has 1 aromatic heterocycles. The maximum absolute atomic E-state index is 11.9. The standard InChI is InChI=1S/C15H20N4O/c1-19-11-13(10-16)15(18-19)17-14(20)9-5-8-12-6-3-2-4-7-12/h2-4,6-7,11H,5,8-10,16H2,1H3,(H,17,18,20). The summed E-state index contributed by atoms with van der Waals surface area (Å²) in [5.41, 5.74) is 7.71. The molecule has 0 unspecified atom stereocenters. The fourth-order valence-electron chi connectivity index (χ4n) is 2.08. The molecule has 5 nitrogen and oxygen atoms in total. The Morgan fingerprint density at radius 2 is 2.10 bits per heavy atom. The van der Waals surface area contributed by atoms with Gasteiger partial charge in [0.2, 0.25) is 5.91 Å². The van der Waals surface area contributed by atoms with E-state index in [-0.39, 0.29) is 5.91 Å². The molecule has 0 bridgehead atoms. The van der Waals surface area contributed by atoms with Crippen molar-refractivity contribution >= 4 is 11.7 Å². The highest BCUT2D eigenvalue weighted by molar-refractivity contribution is 5.90. The number of anilines is 1. The first kappa shape index (κ1) is 14.3. The zero-order valence-electron chi connectivity index (χ0n) is 11.7. The van der Waals surface area contributed by atoms with Crippen molar-refractivity contribution in [1.29, 1.82) is 0 Å². The molecule has 106 valence electrons. The van der Waals surface area contributed by atoms with E-state index < -0.39 is 0 Å². The summed E-state index contributed by atoms with van der Waals surface area (Å²) in [6.45, 7) is 0.369. The number of nitrogens with two attached hydrogens (primary N) is 1. The third-order valence-electron chi connectivity index (χ3n) is 3.09. The minimum absolute atomic E-state index is 0.0191. The Balaban J connectivity index is 1.80. The van der Waals surface area contributed by atoms with Crippen LogP contribution in [0.1, 0.15) is 24.0 Å². The maximum atomic E-state index is 11.9. The summed E-state index contributed by atoms with van der Waals surface area (Å²) >= 11 is 0. The van der Waals surface area contributed by atoms with Crippen LogP contribution in [0.5, 0.6) is 0 Å². The van der Waals surface area contributed by atoms with E-state index >= 15 is 0 Å². The molecular weight excluding hydrogens is 252 g/mol. The van der Waals surface area contributed by atoms with E-state index in [0.29, 0.717) is 18.8 Å². The third kappa shape index (κ3) is 3.93. The zero-order valence-corrected chi connectivity index (χ0v) is 11.7. The van der Waals surface area contributed by atoms with Gasteiger partial charge in [0.1, 0.15) is 0 Å². The van der Waals surface area contributed by atoms with Crippen LogP contribution in [-0.2, 0) is 24.8 Å². The van der Waals surface area contributed by atoms with Gasteiger partial charge in [-0.2, -0.15) is 5.10 Å². The number of nitrogens with zero attached hydrogens (tertiary/aromatic N) is 2. The van der Waals surface area contributed by atoms with Gasteiger partial charge < -0.3 is 11.1 Å².